The number of benzene rings is 1. The third-order valence-electron chi connectivity index (χ3n) is 2.81. The van der Waals surface area contributed by atoms with E-state index in [1.165, 1.54) is 20.3 Å². The van der Waals surface area contributed by atoms with Gasteiger partial charge in [-0.2, -0.15) is 0 Å². The Bertz CT molecular complexity index is 677. The van der Waals surface area contributed by atoms with Crippen molar-refractivity contribution in [2.75, 3.05) is 14.2 Å². The topological polar surface area (TPSA) is 56.2 Å². The van der Waals surface area contributed by atoms with Crippen molar-refractivity contribution in [1.29, 1.82) is 0 Å². The lowest BCUT2D eigenvalue weighted by Crippen LogP contribution is -2.07. The van der Waals surface area contributed by atoms with E-state index in [9.17, 15) is 9.18 Å². The lowest BCUT2D eigenvalue weighted by atomic mass is 10.2. The van der Waals surface area contributed by atoms with Gasteiger partial charge in [0.25, 0.3) is 0 Å². The highest BCUT2D eigenvalue weighted by molar-refractivity contribution is 7.71. The molecule has 19 heavy (non-hydrogen) atoms. The molecule has 2 aromatic rings. The van der Waals surface area contributed by atoms with Crippen LogP contribution in [0, 0.1) is 10.6 Å². The van der Waals surface area contributed by atoms with Crippen LogP contribution < -0.4 is 4.74 Å². The van der Waals surface area contributed by atoms with Gasteiger partial charge in [-0.15, -0.1) is 0 Å². The highest BCUT2D eigenvalue weighted by Crippen LogP contribution is 2.24. The number of rotatable bonds is 4. The van der Waals surface area contributed by atoms with E-state index in [1.807, 2.05) is 0 Å². The summed E-state index contributed by atoms with van der Waals surface area (Å²) in [5.74, 6) is -0.662. The first-order valence-corrected chi connectivity index (χ1v) is 6.00. The third kappa shape index (κ3) is 2.60. The molecule has 0 unspecified atom stereocenters. The molecule has 102 valence electrons. The molecule has 7 heteroatoms. The highest BCUT2D eigenvalue weighted by atomic mass is 32.1. The standard InChI is InChI=1S/C12H13FN2O3S/c1-17-10-6-9-8(5-7(10)13)14-12(19)15(9)4-3-11(16)18-2/h5-6H,3-4H2,1-2H3,(H,14,19). The van der Waals surface area contributed by atoms with Crippen LogP contribution in [0.15, 0.2) is 12.1 Å². The fraction of sp³-hybridized carbons (Fsp3) is 0.333. The molecule has 0 amide bonds. The summed E-state index contributed by atoms with van der Waals surface area (Å²) in [6, 6.07) is 2.87. The van der Waals surface area contributed by atoms with Crippen molar-refractivity contribution in [2.45, 2.75) is 13.0 Å². The summed E-state index contributed by atoms with van der Waals surface area (Å²) in [7, 11) is 2.72. The number of esters is 1. The monoisotopic (exact) mass is 284 g/mol. The predicted octanol–water partition coefficient (Wildman–Crippen LogP) is 2.41. The number of imidazole rings is 1. The van der Waals surface area contributed by atoms with Crippen molar-refractivity contribution in [3.05, 3.63) is 22.7 Å². The lowest BCUT2D eigenvalue weighted by molar-refractivity contribution is -0.140. The minimum atomic E-state index is -0.466. The van der Waals surface area contributed by atoms with Crippen molar-refractivity contribution >= 4 is 29.2 Å². The van der Waals surface area contributed by atoms with Crippen molar-refractivity contribution in [1.82, 2.24) is 9.55 Å². The molecular weight excluding hydrogens is 271 g/mol. The SMILES string of the molecule is COC(=O)CCn1c(=S)[nH]c2cc(F)c(OC)cc21. The fourth-order valence-corrected chi connectivity index (χ4v) is 2.14. The Morgan fingerprint density at radius 1 is 1.47 bits per heavy atom. The second-order valence-corrected chi connectivity index (χ2v) is 4.30. The smallest absolute Gasteiger partial charge is 0.307 e. The summed E-state index contributed by atoms with van der Waals surface area (Å²) < 4.78 is 25.2. The van der Waals surface area contributed by atoms with Crippen LogP contribution in [-0.4, -0.2) is 29.7 Å². The zero-order valence-electron chi connectivity index (χ0n) is 10.5. The minimum absolute atomic E-state index is 0.133. The molecule has 0 saturated carbocycles. The predicted molar refractivity (Wildman–Crippen MR) is 70.3 cm³/mol. The zero-order valence-corrected chi connectivity index (χ0v) is 11.3. The molecule has 2 rings (SSSR count). The summed E-state index contributed by atoms with van der Waals surface area (Å²) in [6.45, 7) is 0.361. The van der Waals surface area contributed by atoms with Gasteiger partial charge in [0, 0.05) is 18.7 Å². The zero-order chi connectivity index (χ0) is 14.0. The maximum atomic E-state index is 13.6. The largest absolute Gasteiger partial charge is 0.494 e. The number of hydrogen-bond acceptors (Lipinski definition) is 4. The number of carbonyl (C=O) groups is 1. The number of nitrogens with zero attached hydrogens (tertiary/aromatic N) is 1. The normalized spacial score (nSPS) is 10.7. The van der Waals surface area contributed by atoms with Crippen LogP contribution >= 0.6 is 12.2 Å². The molecule has 0 fully saturated rings. The number of hydrogen-bond donors (Lipinski definition) is 1. The molecule has 0 spiro atoms. The molecule has 0 aliphatic heterocycles. The molecule has 0 radical (unpaired) electrons. The average molecular weight is 284 g/mol. The van der Waals surface area contributed by atoms with Crippen molar-refractivity contribution < 1.29 is 18.7 Å². The molecule has 1 N–H and O–H groups in total. The Balaban J connectivity index is 2.45. The molecule has 0 aliphatic carbocycles. The average Bonchev–Trinajstić information content (AvgIpc) is 2.69. The number of nitrogens with one attached hydrogen (secondary N) is 1. The highest BCUT2D eigenvalue weighted by Gasteiger charge is 2.11. The van der Waals surface area contributed by atoms with E-state index in [4.69, 9.17) is 17.0 Å². The summed E-state index contributed by atoms with van der Waals surface area (Å²) in [6.07, 6.45) is 0.192. The Morgan fingerprint density at radius 3 is 2.84 bits per heavy atom. The van der Waals surface area contributed by atoms with E-state index in [2.05, 4.69) is 9.72 Å². The van der Waals surface area contributed by atoms with Crippen molar-refractivity contribution in [3.63, 3.8) is 0 Å². The Morgan fingerprint density at radius 2 is 2.21 bits per heavy atom. The number of aryl methyl sites for hydroxylation is 1. The summed E-state index contributed by atoms with van der Waals surface area (Å²) in [5, 5.41) is 0. The van der Waals surface area contributed by atoms with Gasteiger partial charge in [-0.25, -0.2) is 4.39 Å². The lowest BCUT2D eigenvalue weighted by Gasteiger charge is -2.05. The molecule has 0 atom stereocenters. The van der Waals surface area contributed by atoms with Gasteiger partial charge in [0.1, 0.15) is 0 Å². The molecule has 0 aliphatic rings. The van der Waals surface area contributed by atoms with E-state index < -0.39 is 5.82 Å². The summed E-state index contributed by atoms with van der Waals surface area (Å²) in [5.41, 5.74) is 1.25. The van der Waals surface area contributed by atoms with Crippen molar-refractivity contribution in [2.24, 2.45) is 0 Å². The molecule has 1 aromatic heterocycles. The minimum Gasteiger partial charge on any atom is -0.494 e. The van der Waals surface area contributed by atoms with E-state index in [1.54, 1.807) is 10.6 Å². The summed E-state index contributed by atoms with van der Waals surface area (Å²) >= 11 is 5.16. The van der Waals surface area contributed by atoms with Crippen LogP contribution in [0.5, 0.6) is 5.75 Å². The Hall–Kier alpha value is -1.89. The first-order valence-electron chi connectivity index (χ1n) is 5.59. The molecule has 1 aromatic carbocycles. The number of aromatic nitrogens is 2. The van der Waals surface area contributed by atoms with Crippen LogP contribution in [0.4, 0.5) is 4.39 Å². The Labute approximate surface area is 113 Å². The number of ether oxygens (including phenoxy) is 2. The summed E-state index contributed by atoms with van der Waals surface area (Å²) in [4.78, 5) is 14.1. The van der Waals surface area contributed by atoms with Crippen LogP contribution in [0.1, 0.15) is 6.42 Å². The number of carbonyl (C=O) groups excluding carboxylic acids is 1. The number of fused-ring (bicyclic) bond motifs is 1. The number of halogens is 1. The van der Waals surface area contributed by atoms with E-state index >= 15 is 0 Å². The number of aromatic amines is 1. The van der Waals surface area contributed by atoms with Crippen LogP contribution in [0.3, 0.4) is 0 Å². The van der Waals surface area contributed by atoms with Gasteiger partial charge < -0.3 is 19.0 Å². The van der Waals surface area contributed by atoms with Gasteiger partial charge in [0.2, 0.25) is 0 Å². The van der Waals surface area contributed by atoms with E-state index in [0.29, 0.717) is 22.3 Å². The van der Waals surface area contributed by atoms with Gasteiger partial charge in [0.15, 0.2) is 16.3 Å². The van der Waals surface area contributed by atoms with Gasteiger partial charge in [0.05, 0.1) is 31.7 Å². The molecular formula is C12H13FN2O3S. The van der Waals surface area contributed by atoms with E-state index in [-0.39, 0.29) is 18.1 Å². The maximum absolute atomic E-state index is 13.6. The third-order valence-corrected chi connectivity index (χ3v) is 3.14. The molecule has 0 bridgehead atoms. The van der Waals surface area contributed by atoms with E-state index in [0.717, 1.165) is 0 Å². The molecule has 1 heterocycles. The first kappa shape index (κ1) is 13.5. The second kappa shape index (κ2) is 5.40. The molecule has 0 saturated heterocycles. The number of H-pyrrole nitrogens is 1. The van der Waals surface area contributed by atoms with Gasteiger partial charge in [-0.1, -0.05) is 0 Å². The fourth-order valence-electron chi connectivity index (χ4n) is 1.84. The van der Waals surface area contributed by atoms with Gasteiger partial charge in [-0.3, -0.25) is 4.79 Å². The Kier molecular flexibility index (Phi) is 3.84. The van der Waals surface area contributed by atoms with Gasteiger partial charge >= 0.3 is 5.97 Å². The van der Waals surface area contributed by atoms with Crippen LogP contribution in [0.2, 0.25) is 0 Å². The second-order valence-electron chi connectivity index (χ2n) is 3.91. The first-order chi connectivity index (χ1) is 9.06. The van der Waals surface area contributed by atoms with Crippen molar-refractivity contribution in [3.8, 4) is 5.75 Å². The number of methoxy groups -OCH3 is 2. The molecule has 5 nitrogen and oxygen atoms in total. The van der Waals surface area contributed by atoms with Crippen LogP contribution in [0.25, 0.3) is 11.0 Å². The van der Waals surface area contributed by atoms with Crippen LogP contribution in [-0.2, 0) is 16.1 Å². The maximum Gasteiger partial charge on any atom is 0.307 e. The quantitative estimate of drug-likeness (QED) is 0.692. The van der Waals surface area contributed by atoms with Gasteiger partial charge in [-0.05, 0) is 12.2 Å².